The van der Waals surface area contributed by atoms with Crippen LogP contribution in [0.15, 0.2) is 36.5 Å². The molecule has 1 aromatic heterocycles. The maximum absolute atomic E-state index is 12.8. The highest BCUT2D eigenvalue weighted by molar-refractivity contribution is 7.13. The second kappa shape index (κ2) is 7.13. The smallest absolute Gasteiger partial charge is 0.265 e. The molecule has 1 aromatic carbocycles. The number of carbonyl (C=O) groups is 1. The quantitative estimate of drug-likeness (QED) is 0.862. The standard InChI is InChI=1S/C18H23N3OS/c1-3-14-13-20(15-8-6-5-7-9-15)10-11-21(14)18(22)16-12-19-17(4-2)23-16/h5-9,12,14H,3-4,10-11,13H2,1-2H3. The van der Waals surface area contributed by atoms with Crippen LogP contribution in [0.1, 0.15) is 34.9 Å². The summed E-state index contributed by atoms with van der Waals surface area (Å²) in [7, 11) is 0. The van der Waals surface area contributed by atoms with Crippen LogP contribution in [0.2, 0.25) is 0 Å². The molecule has 1 amide bonds. The van der Waals surface area contributed by atoms with Gasteiger partial charge in [-0.2, -0.15) is 0 Å². The van der Waals surface area contributed by atoms with Gasteiger partial charge < -0.3 is 9.80 Å². The fraction of sp³-hybridized carbons (Fsp3) is 0.444. The topological polar surface area (TPSA) is 36.4 Å². The molecule has 4 nitrogen and oxygen atoms in total. The minimum atomic E-state index is 0.141. The van der Waals surface area contributed by atoms with Crippen molar-refractivity contribution in [2.45, 2.75) is 32.7 Å². The van der Waals surface area contributed by atoms with Crippen LogP contribution in [0.4, 0.5) is 5.69 Å². The first-order valence-electron chi connectivity index (χ1n) is 8.28. The zero-order chi connectivity index (χ0) is 16.2. The van der Waals surface area contributed by atoms with E-state index < -0.39 is 0 Å². The molecule has 1 saturated heterocycles. The Morgan fingerprint density at radius 3 is 2.70 bits per heavy atom. The van der Waals surface area contributed by atoms with Crippen molar-refractivity contribution < 1.29 is 4.79 Å². The van der Waals surface area contributed by atoms with E-state index in [1.54, 1.807) is 6.20 Å². The van der Waals surface area contributed by atoms with E-state index in [1.807, 2.05) is 11.0 Å². The molecule has 122 valence electrons. The van der Waals surface area contributed by atoms with Gasteiger partial charge in [0.1, 0.15) is 4.88 Å². The minimum absolute atomic E-state index is 0.141. The van der Waals surface area contributed by atoms with E-state index in [4.69, 9.17) is 0 Å². The maximum Gasteiger partial charge on any atom is 0.265 e. The number of thiazole rings is 1. The number of aryl methyl sites for hydroxylation is 1. The Labute approximate surface area is 141 Å². The van der Waals surface area contributed by atoms with E-state index in [2.05, 4.69) is 48.0 Å². The number of piperazine rings is 1. The SMILES string of the molecule is CCc1ncc(C(=O)N2CCN(c3ccccc3)CC2CC)s1. The van der Waals surface area contributed by atoms with Gasteiger partial charge in [-0.3, -0.25) is 4.79 Å². The zero-order valence-electron chi connectivity index (χ0n) is 13.7. The van der Waals surface area contributed by atoms with Gasteiger partial charge in [-0.05, 0) is 25.0 Å². The Morgan fingerprint density at radius 2 is 2.04 bits per heavy atom. The summed E-state index contributed by atoms with van der Waals surface area (Å²) in [5.41, 5.74) is 1.24. The van der Waals surface area contributed by atoms with Gasteiger partial charge in [-0.15, -0.1) is 11.3 Å². The summed E-state index contributed by atoms with van der Waals surface area (Å²) in [6.45, 7) is 6.77. The van der Waals surface area contributed by atoms with E-state index in [9.17, 15) is 4.79 Å². The predicted molar refractivity (Wildman–Crippen MR) is 95.3 cm³/mol. The molecule has 1 atom stereocenters. The summed E-state index contributed by atoms with van der Waals surface area (Å²) in [5, 5.41) is 1.03. The first kappa shape index (κ1) is 16.0. The molecule has 0 N–H and O–H groups in total. The van der Waals surface area contributed by atoms with Crippen LogP contribution in [0.25, 0.3) is 0 Å². The van der Waals surface area contributed by atoms with E-state index in [0.717, 1.165) is 42.4 Å². The van der Waals surface area contributed by atoms with Crippen LogP contribution >= 0.6 is 11.3 Å². The van der Waals surface area contributed by atoms with Crippen LogP contribution in [0.5, 0.6) is 0 Å². The van der Waals surface area contributed by atoms with Gasteiger partial charge in [-0.1, -0.05) is 32.0 Å². The van der Waals surface area contributed by atoms with E-state index in [1.165, 1.54) is 17.0 Å². The summed E-state index contributed by atoms with van der Waals surface area (Å²) < 4.78 is 0. The van der Waals surface area contributed by atoms with Crippen LogP contribution in [0.3, 0.4) is 0 Å². The van der Waals surface area contributed by atoms with Gasteiger partial charge in [0.15, 0.2) is 0 Å². The average molecular weight is 329 g/mol. The van der Waals surface area contributed by atoms with Crippen LogP contribution in [0, 0.1) is 0 Å². The number of rotatable bonds is 4. The third kappa shape index (κ3) is 3.39. The molecule has 1 unspecified atom stereocenters. The summed E-state index contributed by atoms with van der Waals surface area (Å²) >= 11 is 1.53. The first-order valence-corrected chi connectivity index (χ1v) is 9.10. The Kier molecular flexibility index (Phi) is 4.96. The largest absolute Gasteiger partial charge is 0.368 e. The molecule has 0 bridgehead atoms. The number of benzene rings is 1. The highest BCUT2D eigenvalue weighted by Gasteiger charge is 2.30. The molecule has 0 aliphatic carbocycles. The number of carbonyl (C=O) groups excluding carboxylic acids is 1. The molecule has 1 fully saturated rings. The number of hydrogen-bond donors (Lipinski definition) is 0. The number of hydrogen-bond acceptors (Lipinski definition) is 4. The number of nitrogens with zero attached hydrogens (tertiary/aromatic N) is 3. The van der Waals surface area contributed by atoms with Crippen molar-refractivity contribution >= 4 is 22.9 Å². The first-order chi connectivity index (χ1) is 11.2. The van der Waals surface area contributed by atoms with Crippen LogP contribution in [-0.4, -0.2) is 41.5 Å². The monoisotopic (exact) mass is 329 g/mol. The predicted octanol–water partition coefficient (Wildman–Crippen LogP) is 3.45. The van der Waals surface area contributed by atoms with Crippen molar-refractivity contribution in [3.8, 4) is 0 Å². The van der Waals surface area contributed by atoms with Gasteiger partial charge in [0.05, 0.1) is 11.2 Å². The molecule has 0 spiro atoms. The molecule has 2 aromatic rings. The highest BCUT2D eigenvalue weighted by atomic mass is 32.1. The lowest BCUT2D eigenvalue weighted by molar-refractivity contribution is 0.0656. The van der Waals surface area contributed by atoms with Crippen LogP contribution in [-0.2, 0) is 6.42 Å². The minimum Gasteiger partial charge on any atom is -0.368 e. The van der Waals surface area contributed by atoms with Gasteiger partial charge in [0.25, 0.3) is 5.91 Å². The molecule has 23 heavy (non-hydrogen) atoms. The fourth-order valence-electron chi connectivity index (χ4n) is 3.06. The van der Waals surface area contributed by atoms with Crippen molar-refractivity contribution in [2.75, 3.05) is 24.5 Å². The molecular formula is C18H23N3OS. The lowest BCUT2D eigenvalue weighted by atomic mass is 10.1. The Bertz CT molecular complexity index is 655. The fourth-order valence-corrected chi connectivity index (χ4v) is 3.87. The molecule has 3 rings (SSSR count). The summed E-state index contributed by atoms with van der Waals surface area (Å²) in [6.07, 6.45) is 3.59. The van der Waals surface area contributed by atoms with E-state index in [-0.39, 0.29) is 11.9 Å². The molecule has 0 saturated carbocycles. The molecule has 1 aliphatic rings. The maximum atomic E-state index is 12.8. The molecule has 0 radical (unpaired) electrons. The normalized spacial score (nSPS) is 18.3. The van der Waals surface area contributed by atoms with Crippen molar-refractivity contribution in [1.82, 2.24) is 9.88 Å². The second-order valence-electron chi connectivity index (χ2n) is 5.81. The van der Waals surface area contributed by atoms with E-state index in [0.29, 0.717) is 0 Å². The van der Waals surface area contributed by atoms with E-state index >= 15 is 0 Å². The van der Waals surface area contributed by atoms with Gasteiger partial charge in [0, 0.05) is 31.4 Å². The molecule has 1 aliphatic heterocycles. The number of amides is 1. The second-order valence-corrected chi connectivity index (χ2v) is 6.93. The van der Waals surface area contributed by atoms with Crippen molar-refractivity contribution in [2.24, 2.45) is 0 Å². The van der Waals surface area contributed by atoms with Gasteiger partial charge in [-0.25, -0.2) is 4.98 Å². The Hall–Kier alpha value is -1.88. The molecule has 2 heterocycles. The number of anilines is 1. The van der Waals surface area contributed by atoms with Gasteiger partial charge in [0.2, 0.25) is 0 Å². The molecular weight excluding hydrogens is 306 g/mol. The number of aromatic nitrogens is 1. The van der Waals surface area contributed by atoms with Crippen molar-refractivity contribution in [1.29, 1.82) is 0 Å². The van der Waals surface area contributed by atoms with Crippen molar-refractivity contribution in [3.63, 3.8) is 0 Å². The lowest BCUT2D eigenvalue weighted by Gasteiger charge is -2.42. The summed E-state index contributed by atoms with van der Waals surface area (Å²) in [4.78, 5) is 22.3. The molecule has 5 heteroatoms. The zero-order valence-corrected chi connectivity index (χ0v) is 14.6. The third-order valence-corrected chi connectivity index (χ3v) is 5.53. The highest BCUT2D eigenvalue weighted by Crippen LogP contribution is 2.23. The third-order valence-electron chi connectivity index (χ3n) is 4.40. The Balaban J connectivity index is 1.73. The summed E-state index contributed by atoms with van der Waals surface area (Å²) in [6, 6.07) is 10.7. The van der Waals surface area contributed by atoms with Crippen molar-refractivity contribution in [3.05, 3.63) is 46.4 Å². The average Bonchev–Trinajstić information content (AvgIpc) is 3.10. The lowest BCUT2D eigenvalue weighted by Crippen LogP contribution is -2.55. The van der Waals surface area contributed by atoms with Gasteiger partial charge >= 0.3 is 0 Å². The summed E-state index contributed by atoms with van der Waals surface area (Å²) in [5.74, 6) is 0.141. The number of para-hydroxylation sites is 1. The van der Waals surface area contributed by atoms with Crippen LogP contribution < -0.4 is 4.90 Å². The Morgan fingerprint density at radius 1 is 1.26 bits per heavy atom.